The van der Waals surface area contributed by atoms with Crippen molar-refractivity contribution in [1.82, 2.24) is 9.21 Å². The van der Waals surface area contributed by atoms with Gasteiger partial charge in [-0.2, -0.15) is 4.31 Å². The topological polar surface area (TPSA) is 66.9 Å². The van der Waals surface area contributed by atoms with Crippen LogP contribution < -0.4 is 4.74 Å². The zero-order valence-electron chi connectivity index (χ0n) is 14.6. The van der Waals surface area contributed by atoms with E-state index in [2.05, 4.69) is 0 Å². The van der Waals surface area contributed by atoms with E-state index in [-0.39, 0.29) is 10.8 Å². The predicted molar refractivity (Wildman–Crippen MR) is 101 cm³/mol. The van der Waals surface area contributed by atoms with Gasteiger partial charge in [0, 0.05) is 37.5 Å². The van der Waals surface area contributed by atoms with Gasteiger partial charge < -0.3 is 9.64 Å². The lowest BCUT2D eigenvalue weighted by Crippen LogP contribution is -2.50. The van der Waals surface area contributed by atoms with Gasteiger partial charge in [0.1, 0.15) is 5.75 Å². The number of aryl methyl sites for hydroxylation is 1. The summed E-state index contributed by atoms with van der Waals surface area (Å²) in [5, 5.41) is 2.00. The molecule has 1 aliphatic rings. The molecule has 0 N–H and O–H groups in total. The molecule has 0 saturated carbocycles. The van der Waals surface area contributed by atoms with Gasteiger partial charge in [0.25, 0.3) is 0 Å². The molecule has 1 saturated heterocycles. The Labute approximate surface area is 158 Å². The highest BCUT2D eigenvalue weighted by Crippen LogP contribution is 2.21. The Hall–Kier alpha value is -1.90. The van der Waals surface area contributed by atoms with Crippen molar-refractivity contribution in [2.24, 2.45) is 0 Å². The van der Waals surface area contributed by atoms with E-state index in [1.54, 1.807) is 40.5 Å². The maximum absolute atomic E-state index is 12.7. The van der Waals surface area contributed by atoms with Crippen LogP contribution in [0.25, 0.3) is 0 Å². The fraction of sp³-hybridized carbons (Fsp3) is 0.389. The lowest BCUT2D eigenvalue weighted by molar-refractivity contribution is -0.132. The van der Waals surface area contributed by atoms with Crippen LogP contribution in [0.3, 0.4) is 0 Å². The van der Waals surface area contributed by atoms with Crippen LogP contribution in [0.1, 0.15) is 11.3 Å². The van der Waals surface area contributed by atoms with Crippen molar-refractivity contribution in [1.29, 1.82) is 0 Å². The quantitative estimate of drug-likeness (QED) is 0.754. The Morgan fingerprint density at radius 2 is 1.81 bits per heavy atom. The molecule has 1 aromatic heterocycles. The highest BCUT2D eigenvalue weighted by Gasteiger charge is 2.29. The van der Waals surface area contributed by atoms with Crippen LogP contribution in [0.4, 0.5) is 0 Å². The van der Waals surface area contributed by atoms with Crippen molar-refractivity contribution in [2.45, 2.75) is 17.7 Å². The van der Waals surface area contributed by atoms with Crippen molar-refractivity contribution in [2.75, 3.05) is 33.3 Å². The first-order valence-electron chi connectivity index (χ1n) is 8.45. The standard InChI is InChI=1S/C18H22N2O4S2/c1-24-15-4-7-17(8-5-15)26(22,23)20-12-10-19(11-13-20)18(21)9-6-16-3-2-14-25-16/h2-5,7-8,14H,6,9-13H2,1H3. The Bertz CT molecular complexity index is 825. The molecule has 1 fully saturated rings. The Morgan fingerprint density at radius 3 is 2.38 bits per heavy atom. The Morgan fingerprint density at radius 1 is 1.12 bits per heavy atom. The van der Waals surface area contributed by atoms with Crippen LogP contribution in [0.2, 0.25) is 0 Å². The van der Waals surface area contributed by atoms with Crippen LogP contribution in [0.15, 0.2) is 46.7 Å². The first kappa shape index (κ1) is 18.9. The monoisotopic (exact) mass is 394 g/mol. The molecule has 0 radical (unpaired) electrons. The molecule has 1 aliphatic heterocycles. The Balaban J connectivity index is 1.55. The maximum Gasteiger partial charge on any atom is 0.243 e. The number of carbonyl (C=O) groups excluding carboxylic acids is 1. The number of rotatable bonds is 6. The summed E-state index contributed by atoms with van der Waals surface area (Å²) in [6.45, 7) is 1.50. The molecular weight excluding hydrogens is 372 g/mol. The number of methoxy groups -OCH3 is 1. The van der Waals surface area contributed by atoms with Crippen LogP contribution >= 0.6 is 11.3 Å². The van der Waals surface area contributed by atoms with E-state index in [0.29, 0.717) is 38.3 Å². The summed E-state index contributed by atoms with van der Waals surface area (Å²) >= 11 is 1.65. The van der Waals surface area contributed by atoms with Gasteiger partial charge in [-0.15, -0.1) is 11.3 Å². The number of ether oxygens (including phenoxy) is 1. The normalized spacial score (nSPS) is 15.8. The number of thiophene rings is 1. The molecule has 1 aromatic carbocycles. The molecule has 6 nitrogen and oxygen atoms in total. The summed E-state index contributed by atoms with van der Waals surface area (Å²) in [5.41, 5.74) is 0. The average molecular weight is 395 g/mol. The molecule has 26 heavy (non-hydrogen) atoms. The van der Waals surface area contributed by atoms with E-state index < -0.39 is 10.0 Å². The van der Waals surface area contributed by atoms with Crippen molar-refractivity contribution >= 4 is 27.3 Å². The van der Waals surface area contributed by atoms with E-state index in [4.69, 9.17) is 4.74 Å². The van der Waals surface area contributed by atoms with Crippen molar-refractivity contribution in [3.63, 3.8) is 0 Å². The van der Waals surface area contributed by atoms with Crippen molar-refractivity contribution < 1.29 is 17.9 Å². The van der Waals surface area contributed by atoms with Gasteiger partial charge in [-0.1, -0.05) is 6.07 Å². The fourth-order valence-corrected chi connectivity index (χ4v) is 5.05. The van der Waals surface area contributed by atoms with Gasteiger partial charge in [0.05, 0.1) is 12.0 Å². The highest BCUT2D eigenvalue weighted by molar-refractivity contribution is 7.89. The molecule has 0 bridgehead atoms. The lowest BCUT2D eigenvalue weighted by Gasteiger charge is -2.34. The molecule has 2 aromatic rings. The molecule has 0 aliphatic carbocycles. The number of benzene rings is 1. The van der Waals surface area contributed by atoms with Gasteiger partial charge >= 0.3 is 0 Å². The van der Waals surface area contributed by atoms with E-state index in [9.17, 15) is 13.2 Å². The van der Waals surface area contributed by atoms with Gasteiger partial charge in [0.15, 0.2) is 0 Å². The van der Waals surface area contributed by atoms with Gasteiger partial charge in [-0.05, 0) is 42.1 Å². The Kier molecular flexibility index (Phi) is 5.95. The number of hydrogen-bond donors (Lipinski definition) is 0. The molecule has 8 heteroatoms. The summed E-state index contributed by atoms with van der Waals surface area (Å²) in [5.74, 6) is 0.699. The molecular formula is C18H22N2O4S2. The number of nitrogens with zero attached hydrogens (tertiary/aromatic N) is 2. The molecule has 0 spiro atoms. The van der Waals surface area contributed by atoms with E-state index >= 15 is 0 Å². The first-order valence-corrected chi connectivity index (χ1v) is 10.8. The summed E-state index contributed by atoms with van der Waals surface area (Å²) in [6.07, 6.45) is 1.20. The van der Waals surface area contributed by atoms with E-state index in [1.807, 2.05) is 17.5 Å². The molecule has 140 valence electrons. The zero-order chi connectivity index (χ0) is 18.6. The van der Waals surface area contributed by atoms with Crippen LogP contribution in [0.5, 0.6) is 5.75 Å². The van der Waals surface area contributed by atoms with Crippen LogP contribution in [-0.2, 0) is 21.2 Å². The second-order valence-corrected chi connectivity index (χ2v) is 9.01. The second-order valence-electron chi connectivity index (χ2n) is 6.04. The smallest absolute Gasteiger partial charge is 0.243 e. The fourth-order valence-electron chi connectivity index (χ4n) is 2.92. The van der Waals surface area contributed by atoms with Gasteiger partial charge in [-0.3, -0.25) is 4.79 Å². The first-order chi connectivity index (χ1) is 12.5. The van der Waals surface area contributed by atoms with Crippen molar-refractivity contribution in [3.05, 3.63) is 46.7 Å². The second kappa shape index (κ2) is 8.20. The third kappa shape index (κ3) is 4.25. The third-order valence-electron chi connectivity index (χ3n) is 4.45. The molecule has 0 unspecified atom stereocenters. The number of carbonyl (C=O) groups is 1. The van der Waals surface area contributed by atoms with Gasteiger partial charge in [0.2, 0.25) is 15.9 Å². The predicted octanol–water partition coefficient (Wildman–Crippen LogP) is 2.22. The van der Waals surface area contributed by atoms with Gasteiger partial charge in [-0.25, -0.2) is 8.42 Å². The molecule has 2 heterocycles. The number of amides is 1. The molecule has 3 rings (SSSR count). The highest BCUT2D eigenvalue weighted by atomic mass is 32.2. The number of sulfonamides is 1. The van der Waals surface area contributed by atoms with Crippen LogP contribution in [-0.4, -0.2) is 56.8 Å². The third-order valence-corrected chi connectivity index (χ3v) is 7.30. The molecule has 1 amide bonds. The summed E-state index contributed by atoms with van der Waals surface area (Å²) in [6, 6.07) is 10.4. The van der Waals surface area contributed by atoms with Crippen molar-refractivity contribution in [3.8, 4) is 5.75 Å². The van der Waals surface area contributed by atoms with E-state index in [1.165, 1.54) is 16.3 Å². The lowest BCUT2D eigenvalue weighted by atomic mass is 10.2. The summed E-state index contributed by atoms with van der Waals surface area (Å²) in [4.78, 5) is 15.5. The number of piperazine rings is 1. The number of hydrogen-bond acceptors (Lipinski definition) is 5. The maximum atomic E-state index is 12.7. The minimum absolute atomic E-state index is 0.0832. The minimum atomic E-state index is -3.54. The average Bonchev–Trinajstić information content (AvgIpc) is 3.20. The zero-order valence-corrected chi connectivity index (χ0v) is 16.3. The summed E-state index contributed by atoms with van der Waals surface area (Å²) in [7, 11) is -2.00. The SMILES string of the molecule is COc1ccc(S(=O)(=O)N2CCN(C(=O)CCc3cccs3)CC2)cc1. The summed E-state index contributed by atoms with van der Waals surface area (Å²) < 4.78 is 32.0. The van der Waals surface area contributed by atoms with Crippen LogP contribution in [0, 0.1) is 0 Å². The largest absolute Gasteiger partial charge is 0.497 e. The van der Waals surface area contributed by atoms with E-state index in [0.717, 1.165) is 6.42 Å². The molecule has 0 atom stereocenters. The minimum Gasteiger partial charge on any atom is -0.497 e.